The van der Waals surface area contributed by atoms with E-state index in [-0.39, 0.29) is 0 Å². The molecule has 1 saturated carbocycles. The second-order valence-corrected chi connectivity index (χ2v) is 7.08. The first kappa shape index (κ1) is 14.5. The number of benzene rings is 1. The molecule has 118 valence electrons. The lowest BCUT2D eigenvalue weighted by Gasteiger charge is -2.21. The lowest BCUT2D eigenvalue weighted by atomic mass is 9.86. The Bertz CT molecular complexity index is 845. The van der Waals surface area contributed by atoms with Gasteiger partial charge in [0.05, 0.1) is 11.4 Å². The van der Waals surface area contributed by atoms with Crippen molar-refractivity contribution in [3.05, 3.63) is 47.1 Å². The number of imidazole rings is 1. The molecule has 4 nitrogen and oxygen atoms in total. The van der Waals surface area contributed by atoms with Gasteiger partial charge in [0.2, 0.25) is 0 Å². The van der Waals surface area contributed by atoms with Gasteiger partial charge in [-0.3, -0.25) is 4.40 Å². The van der Waals surface area contributed by atoms with Crippen molar-refractivity contribution >= 4 is 22.3 Å². The number of hydrogen-bond donors (Lipinski definition) is 1. The average Bonchev–Trinajstić information content (AvgIpc) is 3.14. The van der Waals surface area contributed by atoms with Crippen LogP contribution in [0.3, 0.4) is 0 Å². The smallest absolute Gasteiger partial charge is 0.347 e. The molecule has 3 aromatic rings. The fourth-order valence-corrected chi connectivity index (χ4v) is 4.55. The summed E-state index contributed by atoms with van der Waals surface area (Å²) in [6.07, 6.45) is 7.77. The summed E-state index contributed by atoms with van der Waals surface area (Å²) in [5.41, 5.74) is 2.92. The van der Waals surface area contributed by atoms with Gasteiger partial charge in [-0.2, -0.15) is 0 Å². The van der Waals surface area contributed by atoms with Crippen LogP contribution in [-0.4, -0.2) is 20.5 Å². The summed E-state index contributed by atoms with van der Waals surface area (Å²) in [6.45, 7) is 0. The highest BCUT2D eigenvalue weighted by molar-refractivity contribution is 7.19. The number of aromatic nitrogens is 2. The monoisotopic (exact) mass is 326 g/mol. The Morgan fingerprint density at radius 2 is 1.91 bits per heavy atom. The molecule has 1 N–H and O–H groups in total. The molecule has 0 radical (unpaired) electrons. The summed E-state index contributed by atoms with van der Waals surface area (Å²) < 4.78 is 2.02. The minimum Gasteiger partial charge on any atom is -0.477 e. The zero-order chi connectivity index (χ0) is 15.8. The molecule has 1 aliphatic rings. The van der Waals surface area contributed by atoms with Crippen LogP contribution in [0.25, 0.3) is 16.2 Å². The van der Waals surface area contributed by atoms with Crippen molar-refractivity contribution in [3.63, 3.8) is 0 Å². The van der Waals surface area contributed by atoms with Crippen molar-refractivity contribution in [1.82, 2.24) is 9.38 Å². The lowest BCUT2D eigenvalue weighted by molar-refractivity contribution is 0.0699. The summed E-state index contributed by atoms with van der Waals surface area (Å²) in [5, 5.41) is 9.57. The van der Waals surface area contributed by atoms with E-state index in [1.54, 1.807) is 0 Å². The third kappa shape index (κ3) is 2.55. The normalized spacial score (nSPS) is 16.0. The van der Waals surface area contributed by atoms with E-state index in [2.05, 4.69) is 4.98 Å². The fourth-order valence-electron chi connectivity index (χ4n) is 3.52. The van der Waals surface area contributed by atoms with Crippen LogP contribution in [-0.2, 0) is 0 Å². The van der Waals surface area contributed by atoms with Crippen molar-refractivity contribution in [2.45, 2.75) is 38.0 Å². The van der Waals surface area contributed by atoms with Crippen LogP contribution in [0, 0.1) is 0 Å². The van der Waals surface area contributed by atoms with Crippen LogP contribution in [0.1, 0.15) is 53.4 Å². The highest BCUT2D eigenvalue weighted by atomic mass is 32.1. The first-order valence-corrected chi connectivity index (χ1v) is 8.86. The number of carbonyl (C=O) groups is 1. The molecule has 5 heteroatoms. The van der Waals surface area contributed by atoms with E-state index in [1.165, 1.54) is 30.6 Å². The van der Waals surface area contributed by atoms with Gasteiger partial charge in [-0.05, 0) is 12.8 Å². The van der Waals surface area contributed by atoms with E-state index in [4.69, 9.17) is 0 Å². The molecule has 4 rings (SSSR count). The summed E-state index contributed by atoms with van der Waals surface area (Å²) in [5.74, 6) is -0.497. The maximum absolute atomic E-state index is 11.7. The molecule has 1 aliphatic carbocycles. The second kappa shape index (κ2) is 5.81. The molecule has 0 bridgehead atoms. The number of hydrogen-bond acceptors (Lipinski definition) is 3. The second-order valence-electron chi connectivity index (χ2n) is 6.10. The highest BCUT2D eigenvalue weighted by Gasteiger charge is 2.27. The predicted molar refractivity (Wildman–Crippen MR) is 91.3 cm³/mol. The van der Waals surface area contributed by atoms with Gasteiger partial charge in [0, 0.05) is 17.7 Å². The van der Waals surface area contributed by atoms with Crippen molar-refractivity contribution in [2.75, 3.05) is 0 Å². The van der Waals surface area contributed by atoms with E-state index in [9.17, 15) is 9.90 Å². The van der Waals surface area contributed by atoms with Crippen LogP contribution in [0.2, 0.25) is 0 Å². The Labute approximate surface area is 138 Å². The number of fused-ring (bicyclic) bond motifs is 1. The fraction of sp³-hybridized carbons (Fsp3) is 0.333. The number of nitrogens with zero attached hydrogens (tertiary/aromatic N) is 2. The van der Waals surface area contributed by atoms with Gasteiger partial charge in [0.1, 0.15) is 4.88 Å². The largest absolute Gasteiger partial charge is 0.477 e. The molecule has 0 saturated heterocycles. The van der Waals surface area contributed by atoms with Gasteiger partial charge < -0.3 is 5.11 Å². The average molecular weight is 326 g/mol. The number of carboxylic acids is 1. The van der Waals surface area contributed by atoms with Crippen LogP contribution in [0.15, 0.2) is 36.5 Å². The van der Waals surface area contributed by atoms with Gasteiger partial charge in [0.15, 0.2) is 4.96 Å². The Balaban J connectivity index is 1.85. The number of thiazole rings is 1. The summed E-state index contributed by atoms with van der Waals surface area (Å²) >= 11 is 1.29. The first-order valence-electron chi connectivity index (χ1n) is 8.04. The number of rotatable bonds is 3. The summed E-state index contributed by atoms with van der Waals surface area (Å²) in [7, 11) is 0. The molecular formula is C18H18N2O2S. The quantitative estimate of drug-likeness (QED) is 0.751. The maximum Gasteiger partial charge on any atom is 0.347 e. The van der Waals surface area contributed by atoms with Crippen molar-refractivity contribution in [3.8, 4) is 11.3 Å². The van der Waals surface area contributed by atoms with Gasteiger partial charge in [0.25, 0.3) is 0 Å². The van der Waals surface area contributed by atoms with Gasteiger partial charge in [-0.1, -0.05) is 60.9 Å². The van der Waals surface area contributed by atoms with Crippen molar-refractivity contribution < 1.29 is 9.90 Å². The zero-order valence-corrected chi connectivity index (χ0v) is 13.6. The van der Waals surface area contributed by atoms with Crippen molar-refractivity contribution in [1.29, 1.82) is 0 Å². The molecule has 23 heavy (non-hydrogen) atoms. The van der Waals surface area contributed by atoms with E-state index < -0.39 is 5.97 Å². The van der Waals surface area contributed by atoms with Gasteiger partial charge >= 0.3 is 5.97 Å². The van der Waals surface area contributed by atoms with Crippen LogP contribution in [0.4, 0.5) is 0 Å². The predicted octanol–water partition coefficient (Wildman–Crippen LogP) is 4.81. The highest BCUT2D eigenvalue weighted by Crippen LogP contribution is 2.38. The molecule has 0 unspecified atom stereocenters. The van der Waals surface area contributed by atoms with Gasteiger partial charge in [-0.15, -0.1) is 0 Å². The van der Waals surface area contributed by atoms with Crippen LogP contribution < -0.4 is 0 Å². The molecule has 0 amide bonds. The molecule has 0 aliphatic heterocycles. The van der Waals surface area contributed by atoms with E-state index in [0.717, 1.165) is 34.8 Å². The minimum atomic E-state index is -0.831. The Morgan fingerprint density at radius 1 is 1.17 bits per heavy atom. The first-order chi connectivity index (χ1) is 11.2. The van der Waals surface area contributed by atoms with Gasteiger partial charge in [-0.25, -0.2) is 9.78 Å². The zero-order valence-electron chi connectivity index (χ0n) is 12.7. The van der Waals surface area contributed by atoms with Crippen LogP contribution in [0.5, 0.6) is 0 Å². The number of aromatic carboxylic acids is 1. The van der Waals surface area contributed by atoms with Crippen LogP contribution >= 0.6 is 11.3 Å². The Kier molecular flexibility index (Phi) is 3.65. The summed E-state index contributed by atoms with van der Waals surface area (Å²) in [6, 6.07) is 10.0. The Morgan fingerprint density at radius 3 is 2.61 bits per heavy atom. The molecule has 0 atom stereocenters. The maximum atomic E-state index is 11.7. The molecular weight excluding hydrogens is 308 g/mol. The van der Waals surface area contributed by atoms with E-state index in [0.29, 0.717) is 10.8 Å². The van der Waals surface area contributed by atoms with Crippen molar-refractivity contribution in [2.24, 2.45) is 0 Å². The standard InChI is InChI=1S/C18H18N2O2S/c21-17(22)16-15(13-9-5-2-6-10-13)20-11-14(19-18(20)23-16)12-7-3-1-4-8-12/h1,3-4,7-8,11,13H,2,5-6,9-10H2,(H,21,22). The van der Waals surface area contributed by atoms with E-state index >= 15 is 0 Å². The number of carboxylic acid groups (broad SMARTS) is 1. The third-order valence-corrected chi connectivity index (χ3v) is 5.67. The SMILES string of the molecule is O=C(O)c1sc2nc(-c3ccccc3)cn2c1C1CCCCC1. The molecule has 1 fully saturated rings. The summed E-state index contributed by atoms with van der Waals surface area (Å²) in [4.78, 5) is 17.6. The Hall–Kier alpha value is -2.14. The molecule has 2 aromatic heterocycles. The lowest BCUT2D eigenvalue weighted by Crippen LogP contribution is -2.11. The molecule has 0 spiro atoms. The molecule has 1 aromatic carbocycles. The van der Waals surface area contributed by atoms with E-state index in [1.807, 2.05) is 40.9 Å². The molecule has 2 heterocycles. The minimum absolute atomic E-state index is 0.335. The third-order valence-electron chi connectivity index (χ3n) is 4.61. The topological polar surface area (TPSA) is 54.6 Å².